The molecule has 5 heteroatoms. The smallest absolute Gasteiger partial charge is 0.312 e. The maximum Gasteiger partial charge on any atom is 0.312 e. The van der Waals surface area contributed by atoms with Gasteiger partial charge in [0.05, 0.1) is 5.41 Å². The maximum absolute atomic E-state index is 12.8. The molecule has 4 aliphatic carbocycles. The molecule has 24 heavy (non-hydrogen) atoms. The Labute approximate surface area is 150 Å². The second-order valence-electron chi connectivity index (χ2n) is 7.88. The van der Waals surface area contributed by atoms with Gasteiger partial charge < -0.3 is 10.1 Å². The Bertz CT molecular complexity index is 646. The summed E-state index contributed by atoms with van der Waals surface area (Å²) in [5.41, 5.74) is 0.341. The third-order valence-electron chi connectivity index (χ3n) is 5.81. The van der Waals surface area contributed by atoms with E-state index in [1.165, 1.54) is 19.3 Å². The van der Waals surface area contributed by atoms with Gasteiger partial charge in [0, 0.05) is 10.0 Å². The summed E-state index contributed by atoms with van der Waals surface area (Å²) in [6, 6.07) is 9.22. The van der Waals surface area contributed by atoms with Crippen molar-refractivity contribution < 1.29 is 14.3 Å². The Morgan fingerprint density at radius 2 is 1.79 bits per heavy atom. The molecular weight excluding hydrogens is 370 g/mol. The molecule has 0 aliphatic heterocycles. The van der Waals surface area contributed by atoms with Gasteiger partial charge >= 0.3 is 5.97 Å². The number of ether oxygens (including phenoxy) is 1. The summed E-state index contributed by atoms with van der Waals surface area (Å²) in [6.45, 7) is -0.208. The van der Waals surface area contributed by atoms with E-state index in [1.807, 2.05) is 30.3 Å². The first-order chi connectivity index (χ1) is 11.5. The minimum absolute atomic E-state index is 0.113. The van der Waals surface area contributed by atoms with E-state index in [9.17, 15) is 9.59 Å². The average Bonchev–Trinajstić information content (AvgIpc) is 2.51. The molecule has 1 amide bonds. The number of hydrogen-bond acceptors (Lipinski definition) is 3. The van der Waals surface area contributed by atoms with Crippen LogP contribution in [0.3, 0.4) is 0 Å². The molecule has 0 aromatic heterocycles. The molecule has 4 nitrogen and oxygen atoms in total. The van der Waals surface area contributed by atoms with Crippen LogP contribution < -0.4 is 5.32 Å². The van der Waals surface area contributed by atoms with Crippen LogP contribution in [-0.2, 0) is 14.3 Å². The monoisotopic (exact) mass is 391 g/mol. The Balaban J connectivity index is 1.37. The molecule has 0 radical (unpaired) electrons. The van der Waals surface area contributed by atoms with Crippen molar-refractivity contribution >= 4 is 33.5 Å². The summed E-state index contributed by atoms with van der Waals surface area (Å²) in [5.74, 6) is 0.782. The van der Waals surface area contributed by atoms with Crippen LogP contribution in [0.25, 0.3) is 0 Å². The van der Waals surface area contributed by atoms with Crippen molar-refractivity contribution in [3.8, 4) is 0 Å². The average molecular weight is 392 g/mol. The molecule has 0 unspecified atom stereocenters. The molecule has 1 N–H and O–H groups in total. The highest BCUT2D eigenvalue weighted by atomic mass is 79.9. The highest BCUT2D eigenvalue weighted by molar-refractivity contribution is 9.10. The largest absolute Gasteiger partial charge is 0.455 e. The van der Waals surface area contributed by atoms with Crippen LogP contribution in [0.2, 0.25) is 0 Å². The second kappa shape index (κ2) is 5.87. The lowest BCUT2D eigenvalue weighted by Crippen LogP contribution is -2.56. The van der Waals surface area contributed by atoms with Gasteiger partial charge in [-0.1, -0.05) is 34.1 Å². The second-order valence-corrected chi connectivity index (χ2v) is 9.56. The van der Waals surface area contributed by atoms with Gasteiger partial charge in [-0.05, 0) is 62.5 Å². The van der Waals surface area contributed by atoms with Crippen molar-refractivity contribution in [2.75, 3.05) is 11.9 Å². The van der Waals surface area contributed by atoms with Crippen LogP contribution in [-0.4, -0.2) is 22.8 Å². The molecule has 4 aliphatic rings. The number of alkyl halides is 1. The van der Waals surface area contributed by atoms with E-state index >= 15 is 0 Å². The molecule has 5 rings (SSSR count). The van der Waals surface area contributed by atoms with Crippen LogP contribution in [0.15, 0.2) is 30.3 Å². The summed E-state index contributed by atoms with van der Waals surface area (Å²) in [5, 5.41) is 2.75. The molecule has 128 valence electrons. The first-order valence-corrected chi connectivity index (χ1v) is 9.47. The van der Waals surface area contributed by atoms with E-state index in [0.29, 0.717) is 17.5 Å². The molecule has 0 heterocycles. The third kappa shape index (κ3) is 2.99. The van der Waals surface area contributed by atoms with Crippen molar-refractivity contribution in [3.05, 3.63) is 30.3 Å². The molecule has 1 aromatic carbocycles. The van der Waals surface area contributed by atoms with Gasteiger partial charge in [-0.2, -0.15) is 0 Å². The lowest BCUT2D eigenvalue weighted by molar-refractivity contribution is -0.170. The van der Waals surface area contributed by atoms with Crippen LogP contribution in [0.1, 0.15) is 38.5 Å². The quantitative estimate of drug-likeness (QED) is 0.625. The van der Waals surface area contributed by atoms with Crippen molar-refractivity contribution in [1.29, 1.82) is 0 Å². The number of amides is 1. The van der Waals surface area contributed by atoms with Gasteiger partial charge in [0.25, 0.3) is 5.91 Å². The molecule has 4 bridgehead atoms. The highest BCUT2D eigenvalue weighted by Crippen LogP contribution is 2.64. The lowest BCUT2D eigenvalue weighted by atomic mass is 9.49. The van der Waals surface area contributed by atoms with E-state index in [-0.39, 0.29) is 28.2 Å². The fourth-order valence-corrected chi connectivity index (χ4v) is 6.84. The minimum atomic E-state index is -0.374. The minimum Gasteiger partial charge on any atom is -0.455 e. The summed E-state index contributed by atoms with van der Waals surface area (Å²) < 4.78 is 5.55. The number of anilines is 1. The van der Waals surface area contributed by atoms with E-state index < -0.39 is 0 Å². The molecule has 1 aromatic rings. The van der Waals surface area contributed by atoms with Gasteiger partial charge in [-0.3, -0.25) is 9.59 Å². The first-order valence-electron chi connectivity index (χ1n) is 8.68. The number of rotatable bonds is 4. The third-order valence-corrected chi connectivity index (χ3v) is 6.74. The number of carbonyl (C=O) groups is 2. The van der Waals surface area contributed by atoms with Gasteiger partial charge in [0.2, 0.25) is 0 Å². The number of carbonyl (C=O) groups excluding carboxylic acids is 2. The molecule has 4 fully saturated rings. The fourth-order valence-electron chi connectivity index (χ4n) is 5.39. The van der Waals surface area contributed by atoms with Crippen LogP contribution in [0.4, 0.5) is 5.69 Å². The predicted molar refractivity (Wildman–Crippen MR) is 94.8 cm³/mol. The summed E-state index contributed by atoms with van der Waals surface area (Å²) in [7, 11) is 0. The van der Waals surface area contributed by atoms with E-state index in [1.54, 1.807) is 0 Å². The number of para-hydroxylation sites is 1. The standard InChI is InChI=1S/C19H22BrNO3/c20-19-9-13-6-14(10-19)8-18(7-13,12-19)17(23)24-11-16(22)21-15-4-2-1-3-5-15/h1-5,13-14H,6-12H2,(H,21,22)/t13-,14-,18?,19?/m1/s1. The summed E-state index contributed by atoms with van der Waals surface area (Å²) >= 11 is 3.90. The van der Waals surface area contributed by atoms with Gasteiger partial charge in [0.1, 0.15) is 0 Å². The maximum atomic E-state index is 12.8. The zero-order chi connectivity index (χ0) is 16.8. The molecule has 4 saturated carbocycles. The summed E-state index contributed by atoms with van der Waals surface area (Å²) in [6.07, 6.45) is 6.30. The van der Waals surface area contributed by atoms with E-state index in [0.717, 1.165) is 19.3 Å². The zero-order valence-corrected chi connectivity index (χ0v) is 15.2. The Morgan fingerprint density at radius 3 is 2.42 bits per heavy atom. The fraction of sp³-hybridized carbons (Fsp3) is 0.579. The highest BCUT2D eigenvalue weighted by Gasteiger charge is 2.60. The SMILES string of the molecule is O=C(COC(=O)C12C[C@H]3C[C@@H](CC(Br)(C3)C1)C2)Nc1ccccc1. The molecular formula is C19H22BrNO3. The number of benzene rings is 1. The van der Waals surface area contributed by atoms with Crippen LogP contribution in [0, 0.1) is 17.3 Å². The Kier molecular flexibility index (Phi) is 3.94. The number of nitrogens with one attached hydrogen (secondary N) is 1. The van der Waals surface area contributed by atoms with Gasteiger partial charge in [-0.15, -0.1) is 0 Å². The van der Waals surface area contributed by atoms with Crippen molar-refractivity contribution in [2.45, 2.75) is 42.8 Å². The van der Waals surface area contributed by atoms with Gasteiger partial charge in [0.15, 0.2) is 6.61 Å². The van der Waals surface area contributed by atoms with Crippen molar-refractivity contribution in [2.24, 2.45) is 17.3 Å². The van der Waals surface area contributed by atoms with E-state index in [4.69, 9.17) is 4.74 Å². The van der Waals surface area contributed by atoms with Gasteiger partial charge in [-0.25, -0.2) is 0 Å². The number of hydrogen-bond donors (Lipinski definition) is 1. The van der Waals surface area contributed by atoms with Crippen LogP contribution >= 0.6 is 15.9 Å². The molecule has 2 atom stereocenters. The Morgan fingerprint density at radius 1 is 1.12 bits per heavy atom. The zero-order valence-electron chi connectivity index (χ0n) is 13.6. The normalized spacial score (nSPS) is 36.4. The molecule has 0 saturated heterocycles. The van der Waals surface area contributed by atoms with Crippen molar-refractivity contribution in [3.63, 3.8) is 0 Å². The van der Waals surface area contributed by atoms with Crippen LogP contribution in [0.5, 0.6) is 0 Å². The van der Waals surface area contributed by atoms with Crippen molar-refractivity contribution in [1.82, 2.24) is 0 Å². The predicted octanol–water partition coefficient (Wildman–Crippen LogP) is 3.90. The number of halogens is 1. The lowest BCUT2D eigenvalue weighted by Gasteiger charge is -2.58. The topological polar surface area (TPSA) is 55.4 Å². The summed E-state index contributed by atoms with van der Waals surface area (Å²) in [4.78, 5) is 24.8. The Hall–Kier alpha value is -1.36. The number of esters is 1. The first kappa shape index (κ1) is 16.1. The molecule has 0 spiro atoms. The van der Waals surface area contributed by atoms with E-state index in [2.05, 4.69) is 21.2 Å².